The number of H-pyrrole nitrogens is 1. The van der Waals surface area contributed by atoms with E-state index in [-0.39, 0.29) is 0 Å². The van der Waals surface area contributed by atoms with Crippen LogP contribution in [0, 0.1) is 6.92 Å². The lowest BCUT2D eigenvalue weighted by Gasteiger charge is -2.15. The van der Waals surface area contributed by atoms with E-state index in [0.29, 0.717) is 0 Å². The molecule has 0 aliphatic heterocycles. The first-order chi connectivity index (χ1) is 8.69. The van der Waals surface area contributed by atoms with Crippen LogP contribution in [-0.4, -0.2) is 32.1 Å². The van der Waals surface area contributed by atoms with Crippen LogP contribution in [0.25, 0.3) is 0 Å². The van der Waals surface area contributed by atoms with Crippen LogP contribution >= 0.6 is 0 Å². The van der Waals surface area contributed by atoms with Crippen molar-refractivity contribution in [2.45, 2.75) is 33.4 Å². The molecule has 0 unspecified atom stereocenters. The van der Waals surface area contributed by atoms with Gasteiger partial charge in [0, 0.05) is 48.7 Å². The van der Waals surface area contributed by atoms with E-state index in [0.717, 1.165) is 36.6 Å². The Hall–Kier alpha value is -1.75. The Kier molecular flexibility index (Phi) is 4.04. The van der Waals surface area contributed by atoms with Gasteiger partial charge in [-0.25, -0.2) is 9.97 Å². The molecule has 0 spiro atoms. The molecular formula is C13H19N5. The molecule has 0 amide bonds. The third-order valence-electron chi connectivity index (χ3n) is 2.90. The molecule has 2 aromatic rings. The maximum atomic E-state index is 4.31. The van der Waals surface area contributed by atoms with Gasteiger partial charge in [-0.2, -0.15) is 5.10 Å². The van der Waals surface area contributed by atoms with Gasteiger partial charge in [0.1, 0.15) is 5.82 Å². The average Bonchev–Trinajstić information content (AvgIpc) is 2.76. The first-order valence-electron chi connectivity index (χ1n) is 6.16. The monoisotopic (exact) mass is 245 g/mol. The normalized spacial score (nSPS) is 11.1. The van der Waals surface area contributed by atoms with Gasteiger partial charge in [0.05, 0.1) is 6.20 Å². The second-order valence-electron chi connectivity index (χ2n) is 4.55. The topological polar surface area (TPSA) is 57.7 Å². The fraction of sp³-hybridized carbons (Fsp3) is 0.462. The molecule has 0 saturated carbocycles. The lowest BCUT2D eigenvalue weighted by Crippen LogP contribution is -2.17. The fourth-order valence-corrected chi connectivity index (χ4v) is 1.84. The number of hydrogen-bond donors (Lipinski definition) is 1. The van der Waals surface area contributed by atoms with E-state index in [9.17, 15) is 0 Å². The van der Waals surface area contributed by atoms with Crippen molar-refractivity contribution in [3.8, 4) is 0 Å². The lowest BCUT2D eigenvalue weighted by molar-refractivity contribution is 0.317. The Morgan fingerprint density at radius 3 is 2.44 bits per heavy atom. The maximum absolute atomic E-state index is 4.31. The molecule has 96 valence electrons. The third kappa shape index (κ3) is 3.13. The van der Waals surface area contributed by atoms with Crippen molar-refractivity contribution in [1.29, 1.82) is 0 Å². The standard InChI is InChI=1S/C13H19N5/c1-4-13-14-5-11(6-15-13)8-18(3)9-12-7-16-17-10(12)2/h5-7H,4,8-9H2,1-3H3,(H,16,17). The summed E-state index contributed by atoms with van der Waals surface area (Å²) in [6, 6.07) is 0. The van der Waals surface area contributed by atoms with Crippen molar-refractivity contribution in [1.82, 2.24) is 25.1 Å². The van der Waals surface area contributed by atoms with E-state index < -0.39 is 0 Å². The summed E-state index contributed by atoms with van der Waals surface area (Å²) in [5, 5.41) is 6.98. The second-order valence-corrected chi connectivity index (χ2v) is 4.55. The van der Waals surface area contributed by atoms with Crippen LogP contribution in [0.5, 0.6) is 0 Å². The highest BCUT2D eigenvalue weighted by atomic mass is 15.1. The molecule has 0 fully saturated rings. The van der Waals surface area contributed by atoms with E-state index in [4.69, 9.17) is 0 Å². The average molecular weight is 245 g/mol. The highest BCUT2D eigenvalue weighted by Gasteiger charge is 2.06. The number of hydrogen-bond acceptors (Lipinski definition) is 4. The van der Waals surface area contributed by atoms with Crippen LogP contribution in [0.15, 0.2) is 18.6 Å². The molecule has 2 aromatic heterocycles. The number of aromatic amines is 1. The molecule has 0 aliphatic rings. The summed E-state index contributed by atoms with van der Waals surface area (Å²) in [4.78, 5) is 10.8. The van der Waals surface area contributed by atoms with Crippen molar-refractivity contribution in [2.75, 3.05) is 7.05 Å². The van der Waals surface area contributed by atoms with Crippen molar-refractivity contribution < 1.29 is 0 Å². The van der Waals surface area contributed by atoms with Crippen molar-refractivity contribution >= 4 is 0 Å². The summed E-state index contributed by atoms with van der Waals surface area (Å²) in [5.74, 6) is 0.895. The second kappa shape index (κ2) is 5.73. The predicted octanol–water partition coefficient (Wildman–Crippen LogP) is 1.70. The van der Waals surface area contributed by atoms with Crippen molar-refractivity contribution in [3.05, 3.63) is 41.2 Å². The van der Waals surface area contributed by atoms with E-state index in [1.165, 1.54) is 5.56 Å². The molecule has 0 aromatic carbocycles. The van der Waals surface area contributed by atoms with Crippen LogP contribution in [-0.2, 0) is 19.5 Å². The zero-order valence-electron chi connectivity index (χ0n) is 11.1. The van der Waals surface area contributed by atoms with Crippen LogP contribution in [0.4, 0.5) is 0 Å². The summed E-state index contributed by atoms with van der Waals surface area (Å²) in [6.07, 6.45) is 6.57. The minimum absolute atomic E-state index is 0.842. The first-order valence-corrected chi connectivity index (χ1v) is 6.16. The van der Waals surface area contributed by atoms with E-state index in [1.807, 2.05) is 25.5 Å². The molecular weight excluding hydrogens is 226 g/mol. The van der Waals surface area contributed by atoms with Crippen LogP contribution in [0.3, 0.4) is 0 Å². The first kappa shape index (κ1) is 12.7. The Morgan fingerprint density at radius 2 is 1.89 bits per heavy atom. The number of aryl methyl sites for hydroxylation is 2. The SMILES string of the molecule is CCc1ncc(CN(C)Cc2cn[nH]c2C)cn1. The Bertz CT molecular complexity index is 488. The van der Waals surface area contributed by atoms with Gasteiger partial charge in [-0.05, 0) is 14.0 Å². The molecule has 1 N–H and O–H groups in total. The van der Waals surface area contributed by atoms with Gasteiger partial charge in [0.25, 0.3) is 0 Å². The summed E-state index contributed by atoms with van der Waals surface area (Å²) < 4.78 is 0. The van der Waals surface area contributed by atoms with Crippen LogP contribution in [0.2, 0.25) is 0 Å². The predicted molar refractivity (Wildman–Crippen MR) is 69.9 cm³/mol. The van der Waals surface area contributed by atoms with Gasteiger partial charge in [0.15, 0.2) is 0 Å². The third-order valence-corrected chi connectivity index (χ3v) is 2.90. The minimum atomic E-state index is 0.842. The maximum Gasteiger partial charge on any atom is 0.127 e. The summed E-state index contributed by atoms with van der Waals surface area (Å²) in [6.45, 7) is 5.81. The molecule has 5 nitrogen and oxygen atoms in total. The minimum Gasteiger partial charge on any atom is -0.298 e. The molecule has 0 radical (unpaired) electrons. The zero-order chi connectivity index (χ0) is 13.0. The van der Waals surface area contributed by atoms with Gasteiger partial charge in [-0.1, -0.05) is 6.92 Å². The van der Waals surface area contributed by atoms with Gasteiger partial charge in [0.2, 0.25) is 0 Å². The van der Waals surface area contributed by atoms with Gasteiger partial charge in [-0.3, -0.25) is 10.00 Å². The number of nitrogens with one attached hydrogen (secondary N) is 1. The molecule has 5 heteroatoms. The zero-order valence-corrected chi connectivity index (χ0v) is 11.1. The molecule has 0 aliphatic carbocycles. The molecule has 2 heterocycles. The molecule has 0 saturated heterocycles. The molecule has 0 bridgehead atoms. The smallest absolute Gasteiger partial charge is 0.127 e. The summed E-state index contributed by atoms with van der Waals surface area (Å²) in [7, 11) is 2.08. The van der Waals surface area contributed by atoms with Crippen molar-refractivity contribution in [2.24, 2.45) is 0 Å². The Morgan fingerprint density at radius 1 is 1.17 bits per heavy atom. The van der Waals surface area contributed by atoms with Crippen LogP contribution < -0.4 is 0 Å². The Balaban J connectivity index is 1.94. The lowest BCUT2D eigenvalue weighted by atomic mass is 10.2. The van der Waals surface area contributed by atoms with E-state index in [1.54, 1.807) is 0 Å². The van der Waals surface area contributed by atoms with E-state index in [2.05, 4.69) is 39.0 Å². The number of aromatic nitrogens is 4. The van der Waals surface area contributed by atoms with Gasteiger partial charge < -0.3 is 0 Å². The Labute approximate surface area is 107 Å². The summed E-state index contributed by atoms with van der Waals surface area (Å²) in [5.41, 5.74) is 3.49. The van der Waals surface area contributed by atoms with Crippen LogP contribution in [0.1, 0.15) is 29.6 Å². The number of rotatable bonds is 5. The molecule has 0 atom stereocenters. The van der Waals surface area contributed by atoms with Gasteiger partial charge >= 0.3 is 0 Å². The number of nitrogens with zero attached hydrogens (tertiary/aromatic N) is 4. The highest BCUT2D eigenvalue weighted by Crippen LogP contribution is 2.08. The van der Waals surface area contributed by atoms with Crippen molar-refractivity contribution in [3.63, 3.8) is 0 Å². The summed E-state index contributed by atoms with van der Waals surface area (Å²) >= 11 is 0. The molecule has 2 rings (SSSR count). The molecule has 18 heavy (non-hydrogen) atoms. The van der Waals surface area contributed by atoms with Gasteiger partial charge in [-0.15, -0.1) is 0 Å². The largest absolute Gasteiger partial charge is 0.298 e. The quantitative estimate of drug-likeness (QED) is 0.871. The fourth-order valence-electron chi connectivity index (χ4n) is 1.84. The highest BCUT2D eigenvalue weighted by molar-refractivity contribution is 5.14. The van der Waals surface area contributed by atoms with E-state index >= 15 is 0 Å².